The van der Waals surface area contributed by atoms with Crippen LogP contribution < -0.4 is 5.14 Å². The van der Waals surface area contributed by atoms with Gasteiger partial charge in [-0.3, -0.25) is 0 Å². The zero-order chi connectivity index (χ0) is 30.5. The van der Waals surface area contributed by atoms with E-state index in [1.807, 2.05) is 6.07 Å². The number of nitrogens with zero attached hydrogens (tertiary/aromatic N) is 3. The van der Waals surface area contributed by atoms with E-state index in [1.54, 1.807) is 22.2 Å². The van der Waals surface area contributed by atoms with Crippen LogP contribution in [0, 0.1) is 23.0 Å². The van der Waals surface area contributed by atoms with Crippen LogP contribution in [0.4, 0.5) is 8.78 Å². The van der Waals surface area contributed by atoms with Crippen molar-refractivity contribution in [3.63, 3.8) is 0 Å². The van der Waals surface area contributed by atoms with Crippen LogP contribution in [0.1, 0.15) is 80.3 Å². The molecule has 2 aliphatic carbocycles. The second-order valence-electron chi connectivity index (χ2n) is 12.3. The van der Waals surface area contributed by atoms with Gasteiger partial charge in [-0.15, -0.1) is 16.5 Å². The first-order valence-electron chi connectivity index (χ1n) is 14.4. The Morgan fingerprint density at radius 2 is 1.95 bits per heavy atom. The summed E-state index contributed by atoms with van der Waals surface area (Å²) in [5.74, 6) is -0.472. The summed E-state index contributed by atoms with van der Waals surface area (Å²) in [5, 5.41) is 31.9. The van der Waals surface area contributed by atoms with Crippen molar-refractivity contribution in [2.24, 2.45) is 16.5 Å². The van der Waals surface area contributed by atoms with Crippen molar-refractivity contribution in [3.8, 4) is 16.4 Å². The fourth-order valence-corrected chi connectivity index (χ4v) is 6.88. The maximum atomic E-state index is 15.3. The fourth-order valence-electron chi connectivity index (χ4n) is 5.62. The van der Waals surface area contributed by atoms with E-state index in [4.69, 9.17) is 10.2 Å². The van der Waals surface area contributed by atoms with E-state index >= 15 is 4.39 Å². The Balaban J connectivity index is 1.50. The van der Waals surface area contributed by atoms with Gasteiger partial charge in [0, 0.05) is 28.5 Å². The predicted molar refractivity (Wildman–Crippen MR) is 164 cm³/mol. The molecule has 1 unspecified atom stereocenters. The Morgan fingerprint density at radius 1 is 1.16 bits per heavy atom. The third kappa shape index (κ3) is 6.47. The van der Waals surface area contributed by atoms with Crippen molar-refractivity contribution in [1.29, 1.82) is 0 Å². The molecule has 0 saturated heterocycles. The van der Waals surface area contributed by atoms with Crippen LogP contribution in [0.5, 0.6) is 0 Å². The van der Waals surface area contributed by atoms with Gasteiger partial charge in [0.25, 0.3) is 0 Å². The number of hydrogen-bond acceptors (Lipinski definition) is 7. The summed E-state index contributed by atoms with van der Waals surface area (Å²) in [6.07, 6.45) is 6.21. The number of aromatic nitrogens is 3. The first-order chi connectivity index (χ1) is 20.5. The van der Waals surface area contributed by atoms with E-state index in [-0.39, 0.29) is 21.8 Å². The van der Waals surface area contributed by atoms with E-state index in [0.717, 1.165) is 54.5 Å². The van der Waals surface area contributed by atoms with Crippen molar-refractivity contribution >= 4 is 28.3 Å². The summed E-state index contributed by atoms with van der Waals surface area (Å²) in [4.78, 5) is 4.36. The van der Waals surface area contributed by atoms with Crippen LogP contribution in [0.3, 0.4) is 0 Å². The number of rotatable bonds is 9. The number of thiazole rings is 1. The Labute approximate surface area is 256 Å². The molecule has 2 heterocycles. The SMILES string of the molecule is CC1(C)CC=C(c2cc(-c3nn(-c4nc(C(O)O)cs4)c(CC4CC4)c3Cc3ccc([S+](N)[O-])c(F)c3)ccc2F)CC1. The first-order valence-corrected chi connectivity index (χ1v) is 16.4. The largest absolute Gasteiger partial charge is 0.593 e. The van der Waals surface area contributed by atoms with Crippen LogP contribution in [0.25, 0.3) is 22.0 Å². The van der Waals surface area contributed by atoms with E-state index in [1.165, 1.54) is 29.5 Å². The molecule has 2 aromatic heterocycles. The van der Waals surface area contributed by atoms with Gasteiger partial charge >= 0.3 is 0 Å². The average molecular weight is 625 g/mol. The number of allylic oxidation sites excluding steroid dienone is 2. The molecule has 2 aliphatic rings. The summed E-state index contributed by atoms with van der Waals surface area (Å²) in [6.45, 7) is 4.43. The molecule has 4 N–H and O–H groups in total. The number of aliphatic hydroxyl groups excluding tert-OH is 1. The second-order valence-corrected chi connectivity index (χ2v) is 14.2. The predicted octanol–water partition coefficient (Wildman–Crippen LogP) is 6.38. The van der Waals surface area contributed by atoms with Crippen molar-refractivity contribution in [3.05, 3.63) is 87.6 Å². The topological polar surface area (TPSA) is 120 Å². The highest BCUT2D eigenvalue weighted by molar-refractivity contribution is 7.89. The van der Waals surface area contributed by atoms with Crippen LogP contribution in [0.15, 0.2) is 52.7 Å². The molecule has 0 amide bonds. The summed E-state index contributed by atoms with van der Waals surface area (Å²) in [5.41, 5.74) is 5.58. The van der Waals surface area contributed by atoms with Crippen LogP contribution in [-0.4, -0.2) is 29.5 Å². The van der Waals surface area contributed by atoms with Crippen LogP contribution in [0.2, 0.25) is 0 Å². The van der Waals surface area contributed by atoms with Crippen molar-refractivity contribution in [2.45, 2.75) is 70.0 Å². The highest BCUT2D eigenvalue weighted by atomic mass is 32.2. The molecule has 11 heteroatoms. The summed E-state index contributed by atoms with van der Waals surface area (Å²) < 4.78 is 43.6. The Kier molecular flexibility index (Phi) is 8.31. The van der Waals surface area contributed by atoms with Crippen molar-refractivity contribution < 1.29 is 23.5 Å². The number of hydrogen-bond donors (Lipinski definition) is 3. The van der Waals surface area contributed by atoms with Gasteiger partial charge in [-0.05, 0) is 91.3 Å². The summed E-state index contributed by atoms with van der Waals surface area (Å²) in [6, 6.07) is 9.53. The molecule has 2 aromatic carbocycles. The molecule has 0 bridgehead atoms. The second kappa shape index (κ2) is 11.9. The third-order valence-corrected chi connectivity index (χ3v) is 9.98. The average Bonchev–Trinajstić information content (AvgIpc) is 3.51. The monoisotopic (exact) mass is 624 g/mol. The summed E-state index contributed by atoms with van der Waals surface area (Å²) >= 11 is -0.704. The van der Waals surface area contributed by atoms with Gasteiger partial charge in [0.05, 0.1) is 22.7 Å². The lowest BCUT2D eigenvalue weighted by atomic mass is 9.77. The smallest absolute Gasteiger partial charge is 0.210 e. The lowest BCUT2D eigenvalue weighted by molar-refractivity contribution is -0.0454. The zero-order valence-electron chi connectivity index (χ0n) is 24.0. The molecule has 0 aliphatic heterocycles. The van der Waals surface area contributed by atoms with Gasteiger partial charge in [0.15, 0.2) is 12.1 Å². The molecule has 6 rings (SSSR count). The highest BCUT2D eigenvalue weighted by Gasteiger charge is 2.30. The molecule has 0 spiro atoms. The fraction of sp³-hybridized carbons (Fsp3) is 0.375. The lowest BCUT2D eigenvalue weighted by Gasteiger charge is -2.29. The normalized spacial score (nSPS) is 17.4. The van der Waals surface area contributed by atoms with E-state index in [9.17, 15) is 19.2 Å². The van der Waals surface area contributed by atoms with E-state index in [0.29, 0.717) is 40.7 Å². The lowest BCUT2D eigenvalue weighted by Crippen LogP contribution is -2.14. The Hall–Kier alpha value is -2.93. The molecule has 7 nitrogen and oxygen atoms in total. The molecule has 1 atom stereocenters. The molecule has 226 valence electrons. The van der Waals surface area contributed by atoms with Gasteiger partial charge in [0.2, 0.25) is 10.0 Å². The molecular formula is C32H34F2N4O3S2. The molecule has 1 saturated carbocycles. The third-order valence-electron chi connectivity index (χ3n) is 8.38. The van der Waals surface area contributed by atoms with E-state index < -0.39 is 23.5 Å². The minimum atomic E-state index is -1.95. The van der Waals surface area contributed by atoms with Crippen molar-refractivity contribution in [2.75, 3.05) is 0 Å². The minimum Gasteiger partial charge on any atom is -0.593 e. The van der Waals surface area contributed by atoms with Gasteiger partial charge in [-0.2, -0.15) is 5.10 Å². The number of halogens is 2. The van der Waals surface area contributed by atoms with Gasteiger partial charge in [0.1, 0.15) is 11.5 Å². The number of benzene rings is 2. The quantitative estimate of drug-likeness (QED) is 0.147. The van der Waals surface area contributed by atoms with Gasteiger partial charge in [-0.1, -0.05) is 26.0 Å². The Morgan fingerprint density at radius 3 is 2.58 bits per heavy atom. The van der Waals surface area contributed by atoms with Gasteiger partial charge in [-0.25, -0.2) is 18.4 Å². The Bertz CT molecular complexity index is 1690. The standard InChI is InChI=1S/C32H34F2N4O3S2/c1-32(2)11-9-20(10-12-32)22-16-21(6-7-24(22)33)29-23(13-19-5-8-28(43(35)41)25(34)14-19)27(15-18-3-4-18)38(37-29)31-36-26(17-42-31)30(39)40/h5-9,14,16-18,30,39-40H,3-4,10-13,15,35H2,1-2H3. The molecule has 0 radical (unpaired) electrons. The molecule has 1 fully saturated rings. The summed E-state index contributed by atoms with van der Waals surface area (Å²) in [7, 11) is 0. The molecule has 43 heavy (non-hydrogen) atoms. The zero-order valence-corrected chi connectivity index (χ0v) is 25.7. The van der Waals surface area contributed by atoms with Crippen LogP contribution >= 0.6 is 11.3 Å². The minimum absolute atomic E-state index is 0.0668. The number of nitrogens with two attached hydrogens (primary N) is 1. The molecule has 4 aromatic rings. The maximum absolute atomic E-state index is 15.3. The maximum Gasteiger partial charge on any atom is 0.210 e. The van der Waals surface area contributed by atoms with E-state index in [2.05, 4.69) is 24.9 Å². The number of aliphatic hydroxyl groups is 2. The highest BCUT2D eigenvalue weighted by Crippen LogP contribution is 2.41. The van der Waals surface area contributed by atoms with Crippen molar-refractivity contribution in [1.82, 2.24) is 14.8 Å². The van der Waals surface area contributed by atoms with Gasteiger partial charge < -0.3 is 14.8 Å². The van der Waals surface area contributed by atoms with Crippen LogP contribution in [-0.2, 0) is 24.2 Å². The first kappa shape index (κ1) is 30.1. The molecular weight excluding hydrogens is 591 g/mol.